The molecule has 106 valence electrons. The van der Waals surface area contributed by atoms with Crippen LogP contribution >= 0.6 is 15.9 Å². The molecule has 1 N–H and O–H groups in total. The van der Waals surface area contributed by atoms with Gasteiger partial charge in [-0.25, -0.2) is 4.39 Å². The zero-order valence-electron chi connectivity index (χ0n) is 11.8. The van der Waals surface area contributed by atoms with Gasteiger partial charge in [0, 0.05) is 0 Å². The summed E-state index contributed by atoms with van der Waals surface area (Å²) in [5, 5.41) is 3.52. The van der Waals surface area contributed by atoms with E-state index < -0.39 is 0 Å². The van der Waals surface area contributed by atoms with Gasteiger partial charge in [0.15, 0.2) is 0 Å². The fourth-order valence-electron chi connectivity index (χ4n) is 2.17. The predicted molar refractivity (Wildman–Crippen MR) is 85.4 cm³/mol. The van der Waals surface area contributed by atoms with E-state index in [0.29, 0.717) is 4.47 Å². The van der Waals surface area contributed by atoms with Crippen molar-refractivity contribution in [3.63, 3.8) is 0 Å². The van der Waals surface area contributed by atoms with Crippen LogP contribution in [0, 0.1) is 12.7 Å². The Kier molecular flexibility index (Phi) is 5.32. The molecular weight excluding hydrogens is 317 g/mol. The summed E-state index contributed by atoms with van der Waals surface area (Å²) < 4.78 is 13.9. The van der Waals surface area contributed by atoms with Crippen molar-refractivity contribution in [2.45, 2.75) is 26.3 Å². The molecule has 2 aromatic rings. The van der Waals surface area contributed by atoms with Crippen molar-refractivity contribution < 1.29 is 4.39 Å². The van der Waals surface area contributed by atoms with Crippen LogP contribution < -0.4 is 5.32 Å². The Morgan fingerprint density at radius 1 is 1.10 bits per heavy atom. The summed E-state index contributed by atoms with van der Waals surface area (Å²) in [6.45, 7) is 5.14. The van der Waals surface area contributed by atoms with Crippen LogP contribution in [0.1, 0.15) is 36.1 Å². The van der Waals surface area contributed by atoms with Gasteiger partial charge in [-0.1, -0.05) is 42.8 Å². The molecule has 0 aromatic heterocycles. The normalized spacial score (nSPS) is 12.4. The Hall–Kier alpha value is -1.19. The van der Waals surface area contributed by atoms with Crippen molar-refractivity contribution in [2.24, 2.45) is 0 Å². The summed E-state index contributed by atoms with van der Waals surface area (Å²) in [4.78, 5) is 0. The monoisotopic (exact) mass is 335 g/mol. The second-order valence-corrected chi connectivity index (χ2v) is 5.83. The lowest BCUT2D eigenvalue weighted by atomic mass is 9.97. The van der Waals surface area contributed by atoms with E-state index in [-0.39, 0.29) is 11.9 Å². The number of nitrogens with one attached hydrogen (secondary N) is 1. The van der Waals surface area contributed by atoms with Crippen molar-refractivity contribution in [3.8, 4) is 0 Å². The lowest BCUT2D eigenvalue weighted by Gasteiger charge is -2.20. The average molecular weight is 336 g/mol. The standard InChI is InChI=1S/C17H19BrFN/c1-3-10-20-17(13-6-4-12(2)5-7-13)14-8-9-16(19)15(18)11-14/h4-9,11,17,20H,3,10H2,1-2H3. The average Bonchev–Trinajstić information content (AvgIpc) is 2.45. The molecule has 0 radical (unpaired) electrons. The van der Waals surface area contributed by atoms with Crippen LogP contribution in [0.5, 0.6) is 0 Å². The predicted octanol–water partition coefficient (Wildman–Crippen LogP) is 4.99. The molecule has 0 amide bonds. The fraction of sp³-hybridized carbons (Fsp3) is 0.294. The molecule has 3 heteroatoms. The highest BCUT2D eigenvalue weighted by Gasteiger charge is 2.14. The van der Waals surface area contributed by atoms with Crippen LogP contribution in [-0.4, -0.2) is 6.54 Å². The van der Waals surface area contributed by atoms with Gasteiger partial charge in [-0.2, -0.15) is 0 Å². The Labute approximate surface area is 128 Å². The van der Waals surface area contributed by atoms with Crippen LogP contribution in [0.3, 0.4) is 0 Å². The molecule has 2 rings (SSSR count). The Balaban J connectivity index is 2.35. The van der Waals surface area contributed by atoms with Gasteiger partial charge >= 0.3 is 0 Å². The van der Waals surface area contributed by atoms with E-state index in [1.54, 1.807) is 0 Å². The third-order valence-corrected chi connectivity index (χ3v) is 3.89. The minimum atomic E-state index is -0.230. The van der Waals surface area contributed by atoms with E-state index in [1.165, 1.54) is 17.2 Å². The largest absolute Gasteiger partial charge is 0.306 e. The third-order valence-electron chi connectivity index (χ3n) is 3.29. The second kappa shape index (κ2) is 7.00. The second-order valence-electron chi connectivity index (χ2n) is 4.97. The molecule has 1 nitrogen and oxygen atoms in total. The molecule has 0 aliphatic heterocycles. The molecular formula is C17H19BrFN. The number of halogens is 2. The Morgan fingerprint density at radius 2 is 1.75 bits per heavy atom. The number of benzene rings is 2. The number of hydrogen-bond donors (Lipinski definition) is 1. The van der Waals surface area contributed by atoms with Gasteiger partial charge in [0.05, 0.1) is 10.5 Å². The maximum absolute atomic E-state index is 13.4. The highest BCUT2D eigenvalue weighted by Crippen LogP contribution is 2.26. The fourth-order valence-corrected chi connectivity index (χ4v) is 2.56. The van der Waals surface area contributed by atoms with E-state index in [0.717, 1.165) is 18.5 Å². The summed E-state index contributed by atoms with van der Waals surface area (Å²) in [7, 11) is 0. The van der Waals surface area contributed by atoms with Gasteiger partial charge in [-0.15, -0.1) is 0 Å². The molecule has 2 aromatic carbocycles. The summed E-state index contributed by atoms with van der Waals surface area (Å²) >= 11 is 3.26. The van der Waals surface area contributed by atoms with Gasteiger partial charge in [0.25, 0.3) is 0 Å². The number of aryl methyl sites for hydroxylation is 1. The van der Waals surface area contributed by atoms with Crippen molar-refractivity contribution in [1.82, 2.24) is 5.32 Å². The molecule has 1 atom stereocenters. The van der Waals surface area contributed by atoms with Crippen molar-refractivity contribution in [2.75, 3.05) is 6.54 Å². The lowest BCUT2D eigenvalue weighted by molar-refractivity contribution is 0.591. The summed E-state index contributed by atoms with van der Waals surface area (Å²) in [6.07, 6.45) is 1.06. The topological polar surface area (TPSA) is 12.0 Å². The Morgan fingerprint density at radius 3 is 2.35 bits per heavy atom. The highest BCUT2D eigenvalue weighted by molar-refractivity contribution is 9.10. The van der Waals surface area contributed by atoms with Gasteiger partial charge in [-0.05, 0) is 59.1 Å². The summed E-state index contributed by atoms with van der Waals surface area (Å²) in [5.41, 5.74) is 3.50. The highest BCUT2D eigenvalue weighted by atomic mass is 79.9. The molecule has 0 spiro atoms. The molecule has 0 saturated heterocycles. The number of rotatable bonds is 5. The first-order chi connectivity index (χ1) is 9.61. The first kappa shape index (κ1) is 15.2. The van der Waals surface area contributed by atoms with Crippen LogP contribution in [0.25, 0.3) is 0 Å². The van der Waals surface area contributed by atoms with E-state index in [9.17, 15) is 4.39 Å². The SMILES string of the molecule is CCCNC(c1ccc(C)cc1)c1ccc(F)c(Br)c1. The molecule has 0 heterocycles. The minimum Gasteiger partial charge on any atom is -0.306 e. The van der Waals surface area contributed by atoms with Crippen LogP contribution in [0.2, 0.25) is 0 Å². The zero-order chi connectivity index (χ0) is 14.5. The Bertz CT molecular complexity index is 566. The maximum Gasteiger partial charge on any atom is 0.137 e. The first-order valence-corrected chi connectivity index (χ1v) is 7.66. The van der Waals surface area contributed by atoms with Gasteiger partial charge in [0.2, 0.25) is 0 Å². The molecule has 0 bridgehead atoms. The van der Waals surface area contributed by atoms with Crippen LogP contribution in [0.4, 0.5) is 4.39 Å². The van der Waals surface area contributed by atoms with Gasteiger partial charge < -0.3 is 5.32 Å². The third kappa shape index (κ3) is 3.68. The van der Waals surface area contributed by atoms with Crippen molar-refractivity contribution in [1.29, 1.82) is 0 Å². The van der Waals surface area contributed by atoms with E-state index in [2.05, 4.69) is 59.4 Å². The number of hydrogen-bond acceptors (Lipinski definition) is 1. The quantitative estimate of drug-likeness (QED) is 0.811. The van der Waals surface area contributed by atoms with Crippen molar-refractivity contribution >= 4 is 15.9 Å². The van der Waals surface area contributed by atoms with E-state index >= 15 is 0 Å². The molecule has 0 aliphatic carbocycles. The summed E-state index contributed by atoms with van der Waals surface area (Å²) in [5.74, 6) is -0.230. The molecule has 20 heavy (non-hydrogen) atoms. The van der Waals surface area contributed by atoms with Crippen LogP contribution in [-0.2, 0) is 0 Å². The van der Waals surface area contributed by atoms with Crippen LogP contribution in [0.15, 0.2) is 46.9 Å². The van der Waals surface area contributed by atoms with E-state index in [1.807, 2.05) is 12.1 Å². The van der Waals surface area contributed by atoms with E-state index in [4.69, 9.17) is 0 Å². The first-order valence-electron chi connectivity index (χ1n) is 6.86. The van der Waals surface area contributed by atoms with Gasteiger partial charge in [0.1, 0.15) is 5.82 Å². The van der Waals surface area contributed by atoms with Gasteiger partial charge in [-0.3, -0.25) is 0 Å². The van der Waals surface area contributed by atoms with Crippen molar-refractivity contribution in [3.05, 3.63) is 69.4 Å². The molecule has 0 aliphatic rings. The maximum atomic E-state index is 13.4. The molecule has 0 fully saturated rings. The smallest absolute Gasteiger partial charge is 0.137 e. The molecule has 0 saturated carbocycles. The minimum absolute atomic E-state index is 0.0902. The molecule has 1 unspecified atom stereocenters. The summed E-state index contributed by atoms with van der Waals surface area (Å²) in [6, 6.07) is 13.7. The lowest BCUT2D eigenvalue weighted by Crippen LogP contribution is -2.23. The zero-order valence-corrected chi connectivity index (χ0v) is 13.4.